The minimum Gasteiger partial charge on any atom is -0.489 e. The lowest BCUT2D eigenvalue weighted by molar-refractivity contribution is 0.217. The Balaban J connectivity index is 1.70. The number of ether oxygens (including phenoxy) is 2. The summed E-state index contributed by atoms with van der Waals surface area (Å²) >= 11 is 0. The van der Waals surface area contributed by atoms with Gasteiger partial charge in [0, 0.05) is 13.7 Å². The Kier molecular flexibility index (Phi) is 7.91. The molecule has 2 rings (SSSR count). The van der Waals surface area contributed by atoms with Gasteiger partial charge in [-0.05, 0) is 36.1 Å². The Morgan fingerprint density at radius 3 is 2.36 bits per heavy atom. The van der Waals surface area contributed by atoms with Gasteiger partial charge in [0.05, 0.1) is 12.4 Å². The molecule has 0 saturated heterocycles. The molecule has 5 nitrogen and oxygen atoms in total. The predicted molar refractivity (Wildman–Crippen MR) is 99.2 cm³/mol. The Hall–Kier alpha value is -1.89. The van der Waals surface area contributed by atoms with Gasteiger partial charge in [-0.15, -0.1) is 0 Å². The summed E-state index contributed by atoms with van der Waals surface area (Å²) in [7, 11) is -1.74. The summed E-state index contributed by atoms with van der Waals surface area (Å²) in [6.07, 6.45) is 1.56. The molecule has 2 aromatic rings. The van der Waals surface area contributed by atoms with Crippen molar-refractivity contribution in [3.63, 3.8) is 0 Å². The average molecular weight is 363 g/mol. The minimum atomic E-state index is -3.23. The third-order valence-corrected chi connectivity index (χ3v) is 5.04. The van der Waals surface area contributed by atoms with Crippen LogP contribution in [0.3, 0.4) is 0 Å². The Bertz CT molecular complexity index is 715. The highest BCUT2D eigenvalue weighted by molar-refractivity contribution is 7.89. The fraction of sp³-hybridized carbons (Fsp3) is 0.368. The van der Waals surface area contributed by atoms with Crippen molar-refractivity contribution in [3.05, 3.63) is 65.7 Å². The van der Waals surface area contributed by atoms with Gasteiger partial charge in [0.2, 0.25) is 10.0 Å². The summed E-state index contributed by atoms with van der Waals surface area (Å²) in [5.74, 6) is 0.824. The lowest BCUT2D eigenvalue weighted by Crippen LogP contribution is -2.29. The summed E-state index contributed by atoms with van der Waals surface area (Å²) < 4.78 is 36.4. The van der Waals surface area contributed by atoms with Crippen LogP contribution in [0.25, 0.3) is 0 Å². The maximum atomic E-state index is 11.6. The Morgan fingerprint density at radius 1 is 0.960 bits per heavy atom. The Morgan fingerprint density at radius 2 is 1.68 bits per heavy atom. The molecule has 0 spiro atoms. The molecular formula is C19H25NO4S. The molecule has 0 unspecified atom stereocenters. The van der Waals surface area contributed by atoms with Gasteiger partial charge in [-0.2, -0.15) is 0 Å². The normalized spacial score (nSPS) is 11.4. The van der Waals surface area contributed by atoms with Crippen LogP contribution in [0, 0.1) is 0 Å². The molecule has 0 aliphatic heterocycles. The second-order valence-corrected chi connectivity index (χ2v) is 7.65. The number of benzene rings is 2. The first-order valence-electron chi connectivity index (χ1n) is 8.31. The van der Waals surface area contributed by atoms with Crippen LogP contribution in [-0.4, -0.2) is 34.4 Å². The van der Waals surface area contributed by atoms with Crippen molar-refractivity contribution in [1.29, 1.82) is 0 Å². The summed E-state index contributed by atoms with van der Waals surface area (Å²) in [4.78, 5) is 0. The van der Waals surface area contributed by atoms with Crippen molar-refractivity contribution < 1.29 is 17.9 Å². The predicted octanol–water partition coefficient (Wildman–Crippen LogP) is 2.76. The van der Waals surface area contributed by atoms with Crippen molar-refractivity contribution in [2.24, 2.45) is 0 Å². The number of sulfonamides is 1. The van der Waals surface area contributed by atoms with E-state index >= 15 is 0 Å². The van der Waals surface area contributed by atoms with E-state index in [1.807, 2.05) is 54.6 Å². The van der Waals surface area contributed by atoms with Crippen LogP contribution in [0.15, 0.2) is 54.6 Å². The maximum Gasteiger partial charge on any atom is 0.213 e. The van der Waals surface area contributed by atoms with Crippen LogP contribution < -0.4 is 9.46 Å². The lowest BCUT2D eigenvalue weighted by atomic mass is 10.1. The molecule has 0 fully saturated rings. The number of methoxy groups -OCH3 is 1. The highest BCUT2D eigenvalue weighted by Crippen LogP contribution is 2.15. The number of hydrogen-bond donors (Lipinski definition) is 1. The molecule has 0 heterocycles. The third kappa shape index (κ3) is 7.69. The first-order chi connectivity index (χ1) is 12.1. The quantitative estimate of drug-likeness (QED) is 0.624. The SMILES string of the molecule is COCCS(=O)(=O)NCCCc1ccc(OCc2ccccc2)cc1. The smallest absolute Gasteiger partial charge is 0.213 e. The number of nitrogens with one attached hydrogen (secondary N) is 1. The van der Waals surface area contributed by atoms with Crippen LogP contribution in [0.1, 0.15) is 17.5 Å². The number of hydrogen-bond acceptors (Lipinski definition) is 4. The van der Waals surface area contributed by atoms with Crippen molar-refractivity contribution in [1.82, 2.24) is 4.72 Å². The summed E-state index contributed by atoms with van der Waals surface area (Å²) in [6.45, 7) is 1.18. The van der Waals surface area contributed by atoms with Gasteiger partial charge < -0.3 is 9.47 Å². The standard InChI is InChI=1S/C19H25NO4S/c1-23-14-15-25(21,22)20-13-5-8-17-9-11-19(12-10-17)24-16-18-6-3-2-4-7-18/h2-4,6-7,9-12,20H,5,8,13-16H2,1H3. The van der Waals surface area contributed by atoms with Crippen molar-refractivity contribution >= 4 is 10.0 Å². The molecule has 25 heavy (non-hydrogen) atoms. The first kappa shape index (κ1) is 19.4. The number of rotatable bonds is 11. The monoisotopic (exact) mass is 363 g/mol. The number of aryl methyl sites for hydroxylation is 1. The van der Waals surface area contributed by atoms with E-state index in [4.69, 9.17) is 9.47 Å². The van der Waals surface area contributed by atoms with E-state index in [0.29, 0.717) is 13.2 Å². The highest BCUT2D eigenvalue weighted by atomic mass is 32.2. The van der Waals surface area contributed by atoms with Gasteiger partial charge in [-0.1, -0.05) is 42.5 Å². The largest absolute Gasteiger partial charge is 0.489 e. The minimum absolute atomic E-state index is 0.00303. The van der Waals surface area contributed by atoms with Gasteiger partial charge in [-0.25, -0.2) is 13.1 Å². The van der Waals surface area contributed by atoms with Crippen LogP contribution in [0.2, 0.25) is 0 Å². The molecule has 0 atom stereocenters. The van der Waals surface area contributed by atoms with E-state index in [1.54, 1.807) is 0 Å². The van der Waals surface area contributed by atoms with Gasteiger partial charge >= 0.3 is 0 Å². The third-order valence-electron chi connectivity index (χ3n) is 3.69. The average Bonchev–Trinajstić information content (AvgIpc) is 2.64. The van der Waals surface area contributed by atoms with E-state index < -0.39 is 10.0 Å². The van der Waals surface area contributed by atoms with Crippen LogP contribution in [-0.2, 0) is 27.8 Å². The van der Waals surface area contributed by atoms with Gasteiger partial charge in [0.25, 0.3) is 0 Å². The molecule has 0 saturated carbocycles. The van der Waals surface area contributed by atoms with Crippen LogP contribution >= 0.6 is 0 Å². The fourth-order valence-corrected chi connectivity index (χ4v) is 3.26. The zero-order chi connectivity index (χ0) is 18.0. The summed E-state index contributed by atoms with van der Waals surface area (Å²) in [6, 6.07) is 17.9. The summed E-state index contributed by atoms with van der Waals surface area (Å²) in [5, 5.41) is 0. The highest BCUT2D eigenvalue weighted by Gasteiger charge is 2.08. The van der Waals surface area contributed by atoms with Gasteiger partial charge in [0.15, 0.2) is 0 Å². The molecule has 6 heteroatoms. The molecule has 0 bridgehead atoms. The van der Waals surface area contributed by atoms with Crippen molar-refractivity contribution in [2.75, 3.05) is 26.0 Å². The van der Waals surface area contributed by atoms with Crippen LogP contribution in [0.4, 0.5) is 0 Å². The van der Waals surface area contributed by atoms with Gasteiger partial charge in [0.1, 0.15) is 12.4 Å². The zero-order valence-corrected chi connectivity index (χ0v) is 15.3. The topological polar surface area (TPSA) is 64.6 Å². The molecule has 1 N–H and O–H groups in total. The first-order valence-corrected chi connectivity index (χ1v) is 9.96. The molecule has 136 valence electrons. The fourth-order valence-electron chi connectivity index (χ4n) is 2.28. The van der Waals surface area contributed by atoms with Crippen molar-refractivity contribution in [3.8, 4) is 5.75 Å². The lowest BCUT2D eigenvalue weighted by Gasteiger charge is -2.08. The maximum absolute atomic E-state index is 11.6. The van der Waals surface area contributed by atoms with E-state index in [0.717, 1.165) is 29.7 Å². The van der Waals surface area contributed by atoms with E-state index in [2.05, 4.69) is 4.72 Å². The molecule has 0 radical (unpaired) electrons. The van der Waals surface area contributed by atoms with E-state index in [-0.39, 0.29) is 12.4 Å². The second kappa shape index (κ2) is 10.2. The Labute approximate surface area is 150 Å². The molecule has 0 aliphatic rings. The van der Waals surface area contributed by atoms with E-state index in [9.17, 15) is 8.42 Å². The summed E-state index contributed by atoms with van der Waals surface area (Å²) in [5.41, 5.74) is 2.29. The van der Waals surface area contributed by atoms with Crippen LogP contribution in [0.5, 0.6) is 5.75 Å². The molecule has 0 aromatic heterocycles. The molecule has 2 aromatic carbocycles. The zero-order valence-electron chi connectivity index (χ0n) is 14.5. The second-order valence-electron chi connectivity index (χ2n) is 5.73. The molecule has 0 aliphatic carbocycles. The van der Waals surface area contributed by atoms with E-state index in [1.165, 1.54) is 7.11 Å². The van der Waals surface area contributed by atoms with Gasteiger partial charge in [-0.3, -0.25) is 0 Å². The van der Waals surface area contributed by atoms with Crippen molar-refractivity contribution in [2.45, 2.75) is 19.4 Å². The molecular weight excluding hydrogens is 338 g/mol. The molecule has 0 amide bonds.